The lowest BCUT2D eigenvalue weighted by Crippen LogP contribution is -2.15. The monoisotopic (exact) mass is 298 g/mol. The van der Waals surface area contributed by atoms with Crippen molar-refractivity contribution in [2.24, 2.45) is 0 Å². The summed E-state index contributed by atoms with van der Waals surface area (Å²) in [7, 11) is 0. The molecule has 0 amide bonds. The highest BCUT2D eigenvalue weighted by atomic mass is 14.4. The van der Waals surface area contributed by atoms with E-state index in [0.29, 0.717) is 0 Å². The van der Waals surface area contributed by atoms with Gasteiger partial charge in [0, 0.05) is 5.41 Å². The van der Waals surface area contributed by atoms with Crippen LogP contribution in [0.1, 0.15) is 36.1 Å². The summed E-state index contributed by atoms with van der Waals surface area (Å²) in [4.78, 5) is 0. The topological polar surface area (TPSA) is 0 Å². The van der Waals surface area contributed by atoms with Gasteiger partial charge in [-0.15, -0.1) is 0 Å². The summed E-state index contributed by atoms with van der Waals surface area (Å²) in [5.74, 6) is 0. The third-order valence-corrected chi connectivity index (χ3v) is 5.22. The van der Waals surface area contributed by atoms with Crippen LogP contribution in [-0.2, 0) is 5.41 Å². The van der Waals surface area contributed by atoms with Crippen LogP contribution in [0.2, 0.25) is 0 Å². The minimum absolute atomic E-state index is 0.0800. The highest BCUT2D eigenvalue weighted by Crippen LogP contribution is 2.51. The standard InChI is InChI=1S/C23H22/c1-15-12-16(2)22-19-14-18(17-8-6-5-7-9-17)10-11-20(19)23(3,4)21(22)13-15/h5-14H,1-4H3. The quantitative estimate of drug-likeness (QED) is 0.496. The normalized spacial score (nSPS) is 14.4. The first kappa shape index (κ1) is 14.3. The first-order valence-corrected chi connectivity index (χ1v) is 8.30. The molecule has 23 heavy (non-hydrogen) atoms. The molecule has 3 aromatic carbocycles. The smallest absolute Gasteiger partial charge is 0.0159 e. The Morgan fingerprint density at radius 1 is 0.696 bits per heavy atom. The molecule has 1 aliphatic rings. The zero-order valence-electron chi connectivity index (χ0n) is 14.3. The number of benzene rings is 3. The molecule has 4 rings (SSSR count). The van der Waals surface area contributed by atoms with E-state index in [0.717, 1.165) is 0 Å². The van der Waals surface area contributed by atoms with Crippen LogP contribution in [0, 0.1) is 13.8 Å². The van der Waals surface area contributed by atoms with E-state index >= 15 is 0 Å². The van der Waals surface area contributed by atoms with E-state index in [4.69, 9.17) is 0 Å². The Balaban J connectivity index is 2.00. The van der Waals surface area contributed by atoms with Crippen LogP contribution < -0.4 is 0 Å². The third-order valence-electron chi connectivity index (χ3n) is 5.22. The van der Waals surface area contributed by atoms with Crippen molar-refractivity contribution in [2.45, 2.75) is 33.1 Å². The first-order valence-electron chi connectivity index (χ1n) is 8.30. The fourth-order valence-corrected chi connectivity index (χ4v) is 4.07. The molecular weight excluding hydrogens is 276 g/mol. The van der Waals surface area contributed by atoms with E-state index in [9.17, 15) is 0 Å². The van der Waals surface area contributed by atoms with Gasteiger partial charge in [-0.1, -0.05) is 74.0 Å². The van der Waals surface area contributed by atoms with Gasteiger partial charge >= 0.3 is 0 Å². The van der Waals surface area contributed by atoms with Gasteiger partial charge in [0.25, 0.3) is 0 Å². The van der Waals surface area contributed by atoms with Crippen molar-refractivity contribution in [3.63, 3.8) is 0 Å². The Morgan fingerprint density at radius 3 is 2.17 bits per heavy atom. The summed E-state index contributed by atoms with van der Waals surface area (Å²) in [6.07, 6.45) is 0. The maximum atomic E-state index is 2.38. The number of rotatable bonds is 1. The molecule has 3 aromatic rings. The Kier molecular flexibility index (Phi) is 2.99. The van der Waals surface area contributed by atoms with Gasteiger partial charge in [-0.25, -0.2) is 0 Å². The second-order valence-electron chi connectivity index (χ2n) is 7.26. The van der Waals surface area contributed by atoms with Crippen LogP contribution in [0.15, 0.2) is 60.7 Å². The molecule has 114 valence electrons. The highest BCUT2D eigenvalue weighted by Gasteiger charge is 2.36. The van der Waals surface area contributed by atoms with Gasteiger partial charge in [-0.2, -0.15) is 0 Å². The van der Waals surface area contributed by atoms with Gasteiger partial charge in [-0.3, -0.25) is 0 Å². The van der Waals surface area contributed by atoms with E-state index < -0.39 is 0 Å². The summed E-state index contributed by atoms with van der Waals surface area (Å²) >= 11 is 0. The van der Waals surface area contributed by atoms with Crippen molar-refractivity contribution >= 4 is 0 Å². The molecule has 0 nitrogen and oxygen atoms in total. The zero-order valence-corrected chi connectivity index (χ0v) is 14.3. The fourth-order valence-electron chi connectivity index (χ4n) is 4.07. The molecular formula is C23H22. The van der Waals surface area contributed by atoms with E-state index in [1.165, 1.54) is 44.5 Å². The molecule has 1 aliphatic carbocycles. The van der Waals surface area contributed by atoms with Crippen molar-refractivity contribution < 1.29 is 0 Å². The fraction of sp³-hybridized carbons (Fsp3) is 0.217. The van der Waals surface area contributed by atoms with E-state index in [1.807, 2.05) is 0 Å². The maximum Gasteiger partial charge on any atom is 0.0159 e. The Labute approximate surface area is 138 Å². The summed E-state index contributed by atoms with van der Waals surface area (Å²) in [5, 5.41) is 0. The minimum Gasteiger partial charge on any atom is -0.0622 e. The van der Waals surface area contributed by atoms with Crippen molar-refractivity contribution in [2.75, 3.05) is 0 Å². The van der Waals surface area contributed by atoms with Crippen LogP contribution in [-0.4, -0.2) is 0 Å². The van der Waals surface area contributed by atoms with Crippen LogP contribution in [0.25, 0.3) is 22.3 Å². The second kappa shape index (κ2) is 4.83. The molecule has 0 radical (unpaired) electrons. The summed E-state index contributed by atoms with van der Waals surface area (Å²) in [5.41, 5.74) is 11.2. The number of aryl methyl sites for hydroxylation is 2. The van der Waals surface area contributed by atoms with Gasteiger partial charge in [0.1, 0.15) is 0 Å². The minimum atomic E-state index is 0.0800. The molecule has 0 saturated heterocycles. The number of hydrogen-bond acceptors (Lipinski definition) is 0. The molecule has 0 bridgehead atoms. The summed E-state index contributed by atoms with van der Waals surface area (Å²) < 4.78 is 0. The van der Waals surface area contributed by atoms with Gasteiger partial charge in [0.2, 0.25) is 0 Å². The molecule has 0 saturated carbocycles. The van der Waals surface area contributed by atoms with E-state index in [1.54, 1.807) is 0 Å². The molecule has 0 atom stereocenters. The molecule has 0 heteroatoms. The average molecular weight is 298 g/mol. The SMILES string of the molecule is Cc1cc(C)c2c(c1)C(C)(C)c1ccc(-c3ccccc3)cc1-2. The predicted molar refractivity (Wildman–Crippen MR) is 98.9 cm³/mol. The van der Waals surface area contributed by atoms with Crippen molar-refractivity contribution in [3.05, 3.63) is 82.9 Å². The average Bonchev–Trinajstić information content (AvgIpc) is 2.76. The van der Waals surface area contributed by atoms with Crippen LogP contribution in [0.3, 0.4) is 0 Å². The second-order valence-corrected chi connectivity index (χ2v) is 7.26. The van der Waals surface area contributed by atoms with Crippen LogP contribution in [0.4, 0.5) is 0 Å². The maximum absolute atomic E-state index is 2.38. The highest BCUT2D eigenvalue weighted by molar-refractivity contribution is 5.86. The molecule has 0 unspecified atom stereocenters. The largest absolute Gasteiger partial charge is 0.0622 e. The van der Waals surface area contributed by atoms with Crippen molar-refractivity contribution in [1.29, 1.82) is 0 Å². The summed E-state index contributed by atoms with van der Waals surface area (Å²) in [6, 6.07) is 22.3. The van der Waals surface area contributed by atoms with E-state index in [-0.39, 0.29) is 5.41 Å². The molecule has 0 N–H and O–H groups in total. The van der Waals surface area contributed by atoms with Gasteiger partial charge in [-0.05, 0) is 58.9 Å². The Morgan fingerprint density at radius 2 is 1.43 bits per heavy atom. The molecule has 0 spiro atoms. The van der Waals surface area contributed by atoms with Crippen molar-refractivity contribution in [1.82, 2.24) is 0 Å². The molecule has 0 aromatic heterocycles. The third kappa shape index (κ3) is 2.05. The molecule has 0 fully saturated rings. The predicted octanol–water partition coefficient (Wildman–Crippen LogP) is 6.28. The lowest BCUT2D eigenvalue weighted by molar-refractivity contribution is 0.659. The summed E-state index contributed by atoms with van der Waals surface area (Å²) in [6.45, 7) is 9.13. The van der Waals surface area contributed by atoms with E-state index in [2.05, 4.69) is 88.4 Å². The van der Waals surface area contributed by atoms with Gasteiger partial charge < -0.3 is 0 Å². The van der Waals surface area contributed by atoms with Crippen LogP contribution in [0.5, 0.6) is 0 Å². The zero-order chi connectivity index (χ0) is 16.2. The first-order chi connectivity index (χ1) is 11.0. The number of hydrogen-bond donors (Lipinski definition) is 0. The van der Waals surface area contributed by atoms with Gasteiger partial charge in [0.05, 0.1) is 0 Å². The lowest BCUT2D eigenvalue weighted by atomic mass is 9.81. The Hall–Kier alpha value is -2.34. The van der Waals surface area contributed by atoms with Crippen molar-refractivity contribution in [3.8, 4) is 22.3 Å². The van der Waals surface area contributed by atoms with Gasteiger partial charge in [0.15, 0.2) is 0 Å². The van der Waals surface area contributed by atoms with Crippen LogP contribution >= 0.6 is 0 Å². The molecule has 0 heterocycles. The number of fused-ring (bicyclic) bond motifs is 3. The Bertz CT molecular complexity index is 899. The lowest BCUT2D eigenvalue weighted by Gasteiger charge is -2.22. The molecule has 0 aliphatic heterocycles.